The van der Waals surface area contributed by atoms with Gasteiger partial charge in [0.2, 0.25) is 41.3 Å². The first-order valence-corrected chi connectivity index (χ1v) is 52.9. The molecule has 3 aromatic carbocycles. The number of likely N-dealkylation sites (tertiary alicyclic amines) is 2. The lowest BCUT2D eigenvalue weighted by Gasteiger charge is -2.27. The number of aryl methyl sites for hydroxylation is 9. The fourth-order valence-electron chi connectivity index (χ4n) is 23.2. The van der Waals surface area contributed by atoms with Crippen LogP contribution < -0.4 is 20.1 Å². The van der Waals surface area contributed by atoms with Gasteiger partial charge in [0.1, 0.15) is 92.9 Å². The molecule has 11 atom stereocenters. The number of ether oxygens (including phenoxy) is 3. The summed E-state index contributed by atoms with van der Waals surface area (Å²) < 4.78 is 24.4. The van der Waals surface area contributed by atoms with Crippen LogP contribution in [-0.4, -0.2) is 220 Å². The lowest BCUT2D eigenvalue weighted by molar-refractivity contribution is -0.139. The molecule has 5 amide bonds. The third kappa shape index (κ3) is 20.9. The zero-order valence-electron chi connectivity index (χ0n) is 84.9. The van der Waals surface area contributed by atoms with Crippen molar-refractivity contribution in [3.05, 3.63) is 248 Å². The van der Waals surface area contributed by atoms with Crippen LogP contribution in [0.15, 0.2) is 174 Å². The summed E-state index contributed by atoms with van der Waals surface area (Å²) in [6, 6.07) is 37.5. The number of ketones is 5. The molecule has 17 heterocycles. The van der Waals surface area contributed by atoms with Crippen molar-refractivity contribution in [3.8, 4) is 45.1 Å². The van der Waals surface area contributed by atoms with E-state index in [1.54, 1.807) is 73.0 Å². The van der Waals surface area contributed by atoms with Gasteiger partial charge in [-0.2, -0.15) is 15.3 Å². The van der Waals surface area contributed by atoms with E-state index >= 15 is 0 Å². The molecule has 9 aliphatic rings. The number of Topliss-reactive ketones (excluding diaryl/α,β-unsaturated/α-hetero) is 5. The predicted octanol–water partition coefficient (Wildman–Crippen LogP) is 16.2. The number of nitrogens with one attached hydrogen (secondary N) is 2. The quantitative estimate of drug-likeness (QED) is 0.0754. The fraction of sp³-hybridized carbons (Fsp3) is 0.398. The Bertz CT molecular complexity index is 7770. The van der Waals surface area contributed by atoms with E-state index < -0.39 is 18.1 Å². The number of carbonyl (C=O) groups is 10. The van der Waals surface area contributed by atoms with Crippen LogP contribution in [-0.2, 0) is 96.5 Å². The summed E-state index contributed by atoms with van der Waals surface area (Å²) in [5, 5.41) is 22.1. The molecule has 3 aliphatic carbocycles. The van der Waals surface area contributed by atoms with Crippen molar-refractivity contribution < 1.29 is 62.2 Å². The molecule has 6 aliphatic heterocycles. The first kappa shape index (κ1) is 101. The summed E-state index contributed by atoms with van der Waals surface area (Å²) in [6.45, 7) is 14.3. The van der Waals surface area contributed by atoms with Gasteiger partial charge in [-0.15, -0.1) is 0 Å². The van der Waals surface area contributed by atoms with Crippen LogP contribution in [0.3, 0.4) is 0 Å². The average Bonchev–Trinajstić information content (AvgIpc) is 1.54. The van der Waals surface area contributed by atoms with Crippen LogP contribution in [0.1, 0.15) is 206 Å². The van der Waals surface area contributed by atoms with E-state index in [4.69, 9.17) is 29.3 Å². The number of benzene rings is 3. The molecule has 768 valence electrons. The Hall–Kier alpha value is -14.7. The third-order valence-corrected chi connectivity index (χ3v) is 32.3. The van der Waals surface area contributed by atoms with Crippen molar-refractivity contribution >= 4 is 135 Å². The van der Waals surface area contributed by atoms with E-state index in [0.29, 0.717) is 179 Å². The topological polar surface area (TPSA) is 427 Å². The number of carbonyl (C=O) groups excluding carboxylic acids is 10. The normalized spacial score (nSPS) is 22.9. The summed E-state index contributed by atoms with van der Waals surface area (Å²) in [6.07, 6.45) is 23.4. The Morgan fingerprint density at radius 2 is 0.960 bits per heavy atom. The largest absolute Gasteiger partial charge is 0.477 e. The van der Waals surface area contributed by atoms with Crippen molar-refractivity contribution in [2.75, 3.05) is 31.0 Å². The number of fused-ring (bicyclic) bond motifs is 10. The lowest BCUT2D eigenvalue weighted by atomic mass is 9.89. The highest BCUT2D eigenvalue weighted by Gasteiger charge is 2.70. The number of halogens is 2. The second-order valence-corrected chi connectivity index (χ2v) is 43.3. The van der Waals surface area contributed by atoms with Gasteiger partial charge in [-0.3, -0.25) is 67.0 Å². The molecular weight excluding hydrogens is 2030 g/mol. The van der Waals surface area contributed by atoms with E-state index in [-0.39, 0.29) is 142 Å². The Balaban J connectivity index is 0.000000131. The summed E-state index contributed by atoms with van der Waals surface area (Å²) in [5.74, 6) is 2.46. The van der Waals surface area contributed by atoms with Crippen molar-refractivity contribution in [1.82, 2.24) is 98.9 Å². The highest BCUT2D eigenvalue weighted by molar-refractivity contribution is 9.10. The summed E-state index contributed by atoms with van der Waals surface area (Å²) in [5.41, 5.74) is 13.0. The van der Waals surface area contributed by atoms with E-state index in [1.807, 2.05) is 149 Å². The molecule has 3 saturated carbocycles. The van der Waals surface area contributed by atoms with Crippen molar-refractivity contribution in [3.63, 3.8) is 0 Å². The molecular formula is C113H114Br2N22O13. The second-order valence-electron chi connectivity index (χ2n) is 41.7. The molecule has 6 fully saturated rings. The van der Waals surface area contributed by atoms with Gasteiger partial charge >= 0.3 is 0 Å². The van der Waals surface area contributed by atoms with Gasteiger partial charge in [-0.1, -0.05) is 49.4 Å². The monoisotopic (exact) mass is 2140 g/mol. The number of pyridine rings is 5. The van der Waals surface area contributed by atoms with E-state index in [0.717, 1.165) is 118 Å². The van der Waals surface area contributed by atoms with Crippen molar-refractivity contribution in [2.24, 2.45) is 22.2 Å². The number of piperidine rings is 3. The van der Waals surface area contributed by atoms with Gasteiger partial charge in [-0.25, -0.2) is 49.8 Å². The van der Waals surface area contributed by atoms with Gasteiger partial charge in [0.25, 0.3) is 0 Å². The zero-order chi connectivity index (χ0) is 104. The van der Waals surface area contributed by atoms with Gasteiger partial charge < -0.3 is 39.5 Å². The fourth-order valence-corrected chi connectivity index (χ4v) is 23.8. The zero-order valence-corrected chi connectivity index (χ0v) is 88.1. The highest BCUT2D eigenvalue weighted by Crippen LogP contribution is 2.64. The Labute approximate surface area is 881 Å². The Morgan fingerprint density at radius 1 is 0.467 bits per heavy atom. The number of methoxy groups -OCH3 is 1. The molecule has 37 heteroatoms. The number of hydrogen-bond donors (Lipinski definition) is 2. The van der Waals surface area contributed by atoms with Crippen LogP contribution in [0, 0.1) is 49.9 Å². The first-order chi connectivity index (χ1) is 72.3. The SMILES string of the molecule is CC(=O)c1nn(CC(=O)N2[C@H]3C[C@@]4(COc5cccc(n5)CCCCc5ccc(Br)nc5NC3=O)C[C@@H]24)c2ccc(-c3cnc(C)nc3)cc12.CC(=O)c1nn(CC(=O)N2[C@H]3C[C@@]4(COc5cccc(n5)CCc5ccc(Br)nc5NC3=O)C[C@@H]24)c2ccc(-c3cnc(C)nc3)cc12.COC1CCC(=O)CC[C@@]23C[C@@H](C(=O)Cc4cccc(C)n4)N(C(=O)Cn4nc(C(C)=O)c5cc(-c6cnc(C)nc6)cc(c54)CCCC1C)[C@@H]2C3. The summed E-state index contributed by atoms with van der Waals surface area (Å²) >= 11 is 6.90. The van der Waals surface area contributed by atoms with Crippen molar-refractivity contribution in [2.45, 2.75) is 246 Å². The van der Waals surface area contributed by atoms with Crippen LogP contribution in [0.5, 0.6) is 11.8 Å². The van der Waals surface area contributed by atoms with Gasteiger partial charge in [-0.05, 0) is 286 Å². The molecule has 150 heavy (non-hydrogen) atoms. The van der Waals surface area contributed by atoms with Crippen LogP contribution in [0.2, 0.25) is 0 Å². The molecule has 3 saturated heterocycles. The number of rotatable bonds is 14. The Morgan fingerprint density at radius 3 is 1.49 bits per heavy atom. The molecule has 2 N–H and O–H groups in total. The summed E-state index contributed by atoms with van der Waals surface area (Å²) in [7, 11) is 1.72. The highest BCUT2D eigenvalue weighted by atomic mass is 79.9. The third-order valence-electron chi connectivity index (χ3n) is 31.4. The van der Waals surface area contributed by atoms with Crippen molar-refractivity contribution in [1.29, 1.82) is 0 Å². The maximum atomic E-state index is 14.6. The minimum atomic E-state index is -0.743. The molecule has 0 radical (unpaired) electrons. The average molecular weight is 2150 g/mol. The summed E-state index contributed by atoms with van der Waals surface area (Å²) in [4.78, 5) is 192. The van der Waals surface area contributed by atoms with E-state index in [9.17, 15) is 47.9 Å². The first-order valence-electron chi connectivity index (χ1n) is 51.3. The van der Waals surface area contributed by atoms with E-state index in [1.165, 1.54) is 20.8 Å². The van der Waals surface area contributed by atoms with Gasteiger partial charge in [0.05, 0.1) is 48.3 Å². The number of anilines is 2. The molecule has 23 rings (SSSR count). The Kier molecular flexibility index (Phi) is 28.1. The smallest absolute Gasteiger partial charge is 0.248 e. The van der Waals surface area contributed by atoms with Crippen LogP contribution in [0.4, 0.5) is 11.6 Å². The molecule has 2 spiro atoms. The van der Waals surface area contributed by atoms with Gasteiger partial charge in [0.15, 0.2) is 23.1 Å². The maximum Gasteiger partial charge on any atom is 0.248 e. The minimum absolute atomic E-state index is 0.0441. The van der Waals surface area contributed by atoms with Crippen LogP contribution in [0.25, 0.3) is 66.1 Å². The standard InChI is InChI=1S/C41H48N6O5.C37H35BrN8O4.C35H31BrN8O4/c1-24-8-6-10-28-16-29(30-21-42-27(4)43-22-30)17-33-39(26(3)48)45-46(40(28)33)23-38(51)47-34(35(50)18-31-11-7-9-25(2)44-31)19-41(20-37(41)47)15-14-32(49)12-13-36(24)52-5;1-21(47)34-27-14-24(25-17-39-22(2)40-18-25)10-12-28(27)45(44-34)19-33(48)46-29-15-37(16-30(37)46)20-50-32-9-5-8-26(41-32)7-4-3-6-23-11-13-31(38)42-35(23)43-36(29)49;1-19(45)32-25-12-22(23-15-37-20(2)38-16-23)7-10-26(25)43(42-32)17-31(46)44-27-13-35(14-28(35)44)18-48-30-5-3-4-24(39-30)9-6-21-8-11-29(36)40-33(21)41-34(27)47/h7,9,11,16-17,21-22,24,34,36-37H,6,8,10,12-15,18-20,23H2,1-5H3;5,8-14,17-18,29-30H,3-4,6-7,15-16,19-20H2,1-2H3,(H,42,43,49);3-5,7-8,10-12,15-16,27-28H,6,9,13-14,17-18H2,1-2H3,(H,40,41,47)/t24?,34-,36?,37+,41-;29-,30+,37-;27-,28+,35-/m000/s1. The number of aromatic nitrogens is 17. The number of hydrogen-bond acceptors (Lipinski definition) is 27. The number of nitrogens with zero attached hydrogens (tertiary/aromatic N) is 20. The molecule has 14 aromatic rings. The molecule has 2 unspecified atom stereocenters. The molecule has 35 nitrogen and oxygen atoms in total. The predicted molar refractivity (Wildman–Crippen MR) is 563 cm³/mol. The lowest BCUT2D eigenvalue weighted by Crippen LogP contribution is -2.47. The number of amides is 5. The van der Waals surface area contributed by atoms with Gasteiger partial charge in [0, 0.05) is 175 Å². The maximum absolute atomic E-state index is 14.6. The molecule has 11 aromatic heterocycles. The minimum Gasteiger partial charge on any atom is -0.477 e. The van der Waals surface area contributed by atoms with E-state index in [2.05, 4.69) is 111 Å². The van der Waals surface area contributed by atoms with Crippen LogP contribution >= 0.6 is 31.9 Å². The molecule has 10 bridgehead atoms. The second kappa shape index (κ2) is 41.7.